The number of hydrogen-bond acceptors (Lipinski definition) is 3. The summed E-state index contributed by atoms with van der Waals surface area (Å²) in [5, 5.41) is 1.93. The van der Waals surface area contributed by atoms with Gasteiger partial charge in [-0.3, -0.25) is 9.59 Å². The molecule has 0 bridgehead atoms. The molecule has 0 aliphatic heterocycles. The monoisotopic (exact) mass is 361 g/mol. The molecule has 0 amide bonds. The molecular weight excluding hydrogens is 334 g/mol. The van der Waals surface area contributed by atoms with Crippen molar-refractivity contribution in [2.45, 2.75) is 52.4 Å². The van der Waals surface area contributed by atoms with Crippen molar-refractivity contribution >= 4 is 33.9 Å². The van der Waals surface area contributed by atoms with Gasteiger partial charge in [0.1, 0.15) is 0 Å². The molecule has 0 aliphatic rings. The van der Waals surface area contributed by atoms with E-state index < -0.39 is 0 Å². The molecule has 27 heavy (non-hydrogen) atoms. The predicted molar refractivity (Wildman–Crippen MR) is 112 cm³/mol. The second kappa shape index (κ2) is 8.90. The van der Waals surface area contributed by atoms with Crippen molar-refractivity contribution in [3.63, 3.8) is 0 Å². The number of nitrogens with zero attached hydrogens (tertiary/aromatic N) is 1. The molecule has 1 aromatic heterocycles. The molecule has 0 spiro atoms. The number of carbonyl (C=O) groups is 2. The first-order valence-corrected chi connectivity index (χ1v) is 10.0. The Bertz CT molecular complexity index is 953. The van der Waals surface area contributed by atoms with Crippen LogP contribution in [-0.4, -0.2) is 17.1 Å². The highest BCUT2D eigenvalue weighted by atomic mass is 16.1. The lowest BCUT2D eigenvalue weighted by atomic mass is 9.86. The maximum Gasteiger partial charge on any atom is 0.166 e. The van der Waals surface area contributed by atoms with Crippen LogP contribution in [0.15, 0.2) is 42.5 Å². The Hall–Kier alpha value is -2.55. The zero-order chi connectivity index (χ0) is 19.2. The van der Waals surface area contributed by atoms with Crippen LogP contribution in [0.3, 0.4) is 0 Å². The van der Waals surface area contributed by atoms with Gasteiger partial charge >= 0.3 is 0 Å². The molecule has 3 nitrogen and oxygen atoms in total. The van der Waals surface area contributed by atoms with E-state index in [4.69, 9.17) is 4.98 Å². The van der Waals surface area contributed by atoms with Gasteiger partial charge in [0.05, 0.1) is 11.0 Å². The standard InChI is InChI=1S/C24H27NO2/c1-3-5-9-17(10-6-4-2)24(27)21-15-23-19(14-20(21)16-26)13-18-11-7-8-12-22(18)25-23/h7-8,11-17H,3-6,9-10H2,1-2H3. The Kier molecular flexibility index (Phi) is 6.33. The number of rotatable bonds is 9. The van der Waals surface area contributed by atoms with Crippen molar-refractivity contribution in [1.29, 1.82) is 0 Å². The third-order valence-corrected chi connectivity index (χ3v) is 5.26. The lowest BCUT2D eigenvalue weighted by Gasteiger charge is -2.17. The summed E-state index contributed by atoms with van der Waals surface area (Å²) in [6.07, 6.45) is 6.79. The molecule has 0 unspecified atom stereocenters. The van der Waals surface area contributed by atoms with Crippen molar-refractivity contribution in [3.05, 3.63) is 53.6 Å². The van der Waals surface area contributed by atoms with Gasteiger partial charge < -0.3 is 0 Å². The van der Waals surface area contributed by atoms with Gasteiger partial charge in [0.25, 0.3) is 0 Å². The molecule has 0 aliphatic carbocycles. The number of carbonyl (C=O) groups excluding carboxylic acids is 2. The topological polar surface area (TPSA) is 47.0 Å². The number of pyridine rings is 1. The average Bonchev–Trinajstić information content (AvgIpc) is 2.70. The molecule has 0 fully saturated rings. The molecule has 0 N–H and O–H groups in total. The van der Waals surface area contributed by atoms with Crippen molar-refractivity contribution < 1.29 is 9.59 Å². The number of fused-ring (bicyclic) bond motifs is 2. The number of ketones is 1. The minimum absolute atomic E-state index is 0.0125. The van der Waals surface area contributed by atoms with Crippen LogP contribution in [-0.2, 0) is 0 Å². The van der Waals surface area contributed by atoms with E-state index >= 15 is 0 Å². The van der Waals surface area contributed by atoms with E-state index in [0.717, 1.165) is 66.6 Å². The molecule has 0 radical (unpaired) electrons. The van der Waals surface area contributed by atoms with Crippen molar-refractivity contribution in [1.82, 2.24) is 4.98 Å². The first-order chi connectivity index (χ1) is 13.2. The Morgan fingerprint density at radius 2 is 1.67 bits per heavy atom. The maximum absolute atomic E-state index is 13.3. The minimum atomic E-state index is -0.0125. The van der Waals surface area contributed by atoms with E-state index in [9.17, 15) is 9.59 Å². The number of Topliss-reactive ketones (excluding diaryl/α,β-unsaturated/α-hetero) is 1. The summed E-state index contributed by atoms with van der Waals surface area (Å²) in [7, 11) is 0. The summed E-state index contributed by atoms with van der Waals surface area (Å²) in [6.45, 7) is 4.28. The summed E-state index contributed by atoms with van der Waals surface area (Å²) in [5.41, 5.74) is 2.67. The fraction of sp³-hybridized carbons (Fsp3) is 0.375. The Morgan fingerprint density at radius 3 is 2.33 bits per heavy atom. The van der Waals surface area contributed by atoms with Gasteiger partial charge in [-0.05, 0) is 37.1 Å². The Balaban J connectivity index is 2.06. The van der Waals surface area contributed by atoms with Crippen molar-refractivity contribution in [3.8, 4) is 0 Å². The smallest absolute Gasteiger partial charge is 0.166 e. The summed E-state index contributed by atoms with van der Waals surface area (Å²) >= 11 is 0. The molecule has 3 rings (SSSR count). The number of unbranched alkanes of at least 4 members (excludes halogenated alkanes) is 2. The second-order valence-electron chi connectivity index (χ2n) is 7.28. The third-order valence-electron chi connectivity index (χ3n) is 5.26. The molecule has 1 heterocycles. The van der Waals surface area contributed by atoms with Crippen molar-refractivity contribution in [2.75, 3.05) is 0 Å². The third kappa shape index (κ3) is 4.24. The van der Waals surface area contributed by atoms with Crippen molar-refractivity contribution in [2.24, 2.45) is 5.92 Å². The Labute approximate surface area is 160 Å². The van der Waals surface area contributed by atoms with Crippen LogP contribution in [0.4, 0.5) is 0 Å². The second-order valence-corrected chi connectivity index (χ2v) is 7.28. The lowest BCUT2D eigenvalue weighted by molar-refractivity contribution is 0.0898. The summed E-state index contributed by atoms with van der Waals surface area (Å²) in [5.74, 6) is 0.0809. The van der Waals surface area contributed by atoms with E-state index in [2.05, 4.69) is 13.8 Å². The SMILES string of the molecule is CCCCC(CCCC)C(=O)c1cc2nc3ccccc3cc2cc1C=O. The molecule has 140 valence electrons. The van der Waals surface area contributed by atoms with E-state index in [0.29, 0.717) is 11.1 Å². The largest absolute Gasteiger partial charge is 0.298 e. The summed E-state index contributed by atoms with van der Waals surface area (Å²) < 4.78 is 0. The average molecular weight is 361 g/mol. The van der Waals surface area contributed by atoms with Crippen LogP contribution in [0.25, 0.3) is 21.8 Å². The quantitative estimate of drug-likeness (QED) is 0.252. The number of aldehydes is 1. The fourth-order valence-corrected chi connectivity index (χ4v) is 3.68. The highest BCUT2D eigenvalue weighted by Crippen LogP contribution is 2.27. The molecule has 2 aromatic carbocycles. The highest BCUT2D eigenvalue weighted by Gasteiger charge is 2.22. The summed E-state index contributed by atoms with van der Waals surface area (Å²) in [6, 6.07) is 13.6. The molecular formula is C24H27NO2. The molecule has 0 saturated carbocycles. The molecule has 3 aromatic rings. The zero-order valence-electron chi connectivity index (χ0n) is 16.2. The molecule has 0 saturated heterocycles. The normalized spacial score (nSPS) is 11.4. The minimum Gasteiger partial charge on any atom is -0.298 e. The fourth-order valence-electron chi connectivity index (χ4n) is 3.68. The predicted octanol–water partition coefficient (Wildman–Crippen LogP) is 6.38. The van der Waals surface area contributed by atoms with Gasteiger partial charge in [-0.2, -0.15) is 0 Å². The van der Waals surface area contributed by atoms with Crippen LogP contribution < -0.4 is 0 Å². The van der Waals surface area contributed by atoms with E-state index in [1.54, 1.807) is 0 Å². The van der Waals surface area contributed by atoms with E-state index in [-0.39, 0.29) is 11.7 Å². The highest BCUT2D eigenvalue weighted by molar-refractivity contribution is 6.08. The number of hydrogen-bond donors (Lipinski definition) is 0. The number of para-hydroxylation sites is 1. The van der Waals surface area contributed by atoms with Crippen LogP contribution >= 0.6 is 0 Å². The zero-order valence-corrected chi connectivity index (χ0v) is 16.2. The summed E-state index contributed by atoms with van der Waals surface area (Å²) in [4.78, 5) is 29.7. The number of aromatic nitrogens is 1. The van der Waals surface area contributed by atoms with Gasteiger partial charge in [-0.15, -0.1) is 0 Å². The van der Waals surface area contributed by atoms with Gasteiger partial charge in [-0.1, -0.05) is 57.7 Å². The van der Waals surface area contributed by atoms with Crippen LogP contribution in [0.1, 0.15) is 73.1 Å². The first-order valence-electron chi connectivity index (χ1n) is 10.0. The van der Waals surface area contributed by atoms with Gasteiger partial charge in [0.2, 0.25) is 0 Å². The molecule has 3 heteroatoms. The first kappa shape index (κ1) is 19.2. The van der Waals surface area contributed by atoms with Gasteiger partial charge in [-0.25, -0.2) is 4.98 Å². The van der Waals surface area contributed by atoms with Crippen LogP contribution in [0.2, 0.25) is 0 Å². The van der Waals surface area contributed by atoms with Gasteiger partial charge in [0.15, 0.2) is 12.1 Å². The van der Waals surface area contributed by atoms with Crippen LogP contribution in [0.5, 0.6) is 0 Å². The van der Waals surface area contributed by atoms with E-state index in [1.165, 1.54) is 0 Å². The van der Waals surface area contributed by atoms with E-state index in [1.807, 2.05) is 42.5 Å². The maximum atomic E-state index is 13.3. The molecule has 0 atom stereocenters. The number of benzene rings is 2. The van der Waals surface area contributed by atoms with Gasteiger partial charge in [0, 0.05) is 27.8 Å². The lowest BCUT2D eigenvalue weighted by Crippen LogP contribution is -2.17. The Morgan fingerprint density at radius 1 is 0.963 bits per heavy atom. The van der Waals surface area contributed by atoms with Crippen LogP contribution in [0, 0.1) is 5.92 Å².